The summed E-state index contributed by atoms with van der Waals surface area (Å²) in [5.74, 6) is 0.887. The first kappa shape index (κ1) is 23.0. The SMILES string of the molecule is Cc1ccc(Oc2ccc(NC(=O)NCCS(=O)(=O)N3C[C@H](C)O[C@@H](C)C3)cn2)cc1. The molecule has 2 atom stereocenters. The standard InChI is InChI=1S/C21H28N4O5S/c1-15-4-7-19(8-5-15)30-20-9-6-18(12-23-20)24-21(26)22-10-11-31(27,28)25-13-16(2)29-17(3)14-25/h4-9,12,16-17H,10-11,13-14H2,1-3H3,(H2,22,24,26)/t16-,17-/m0/s1. The molecule has 2 aromatic rings. The van der Waals surface area contributed by atoms with E-state index in [9.17, 15) is 13.2 Å². The van der Waals surface area contributed by atoms with Crippen molar-refractivity contribution < 1.29 is 22.7 Å². The molecule has 9 nitrogen and oxygen atoms in total. The Bertz CT molecular complexity index is 970. The molecule has 1 aromatic heterocycles. The maximum absolute atomic E-state index is 12.5. The number of nitrogens with one attached hydrogen (secondary N) is 2. The average molecular weight is 449 g/mol. The molecule has 0 aliphatic carbocycles. The maximum Gasteiger partial charge on any atom is 0.319 e. The highest BCUT2D eigenvalue weighted by molar-refractivity contribution is 7.89. The molecule has 0 radical (unpaired) electrons. The normalized spacial score (nSPS) is 19.6. The van der Waals surface area contributed by atoms with E-state index in [4.69, 9.17) is 9.47 Å². The van der Waals surface area contributed by atoms with Gasteiger partial charge in [0, 0.05) is 25.7 Å². The number of anilines is 1. The lowest BCUT2D eigenvalue weighted by atomic mass is 10.2. The molecule has 2 N–H and O–H groups in total. The number of morpholine rings is 1. The van der Waals surface area contributed by atoms with Gasteiger partial charge in [-0.05, 0) is 39.0 Å². The molecule has 10 heteroatoms. The molecule has 1 aromatic carbocycles. The molecule has 2 amide bonds. The van der Waals surface area contributed by atoms with Gasteiger partial charge in [0.15, 0.2) is 0 Å². The minimum absolute atomic E-state index is 0.00364. The van der Waals surface area contributed by atoms with Crippen molar-refractivity contribution in [1.29, 1.82) is 0 Å². The Morgan fingerprint density at radius 3 is 2.45 bits per heavy atom. The molecule has 0 bridgehead atoms. The number of benzene rings is 1. The van der Waals surface area contributed by atoms with E-state index in [1.165, 1.54) is 10.5 Å². The summed E-state index contributed by atoms with van der Waals surface area (Å²) in [6.07, 6.45) is 1.16. The van der Waals surface area contributed by atoms with Crippen molar-refractivity contribution in [2.45, 2.75) is 33.0 Å². The predicted molar refractivity (Wildman–Crippen MR) is 118 cm³/mol. The van der Waals surface area contributed by atoms with Gasteiger partial charge < -0.3 is 20.1 Å². The minimum atomic E-state index is -3.47. The first-order valence-electron chi connectivity index (χ1n) is 10.1. The van der Waals surface area contributed by atoms with Gasteiger partial charge in [-0.1, -0.05) is 17.7 Å². The zero-order valence-electron chi connectivity index (χ0n) is 17.9. The van der Waals surface area contributed by atoms with Gasteiger partial charge in [-0.3, -0.25) is 0 Å². The number of carbonyl (C=O) groups is 1. The number of aromatic nitrogens is 1. The zero-order chi connectivity index (χ0) is 22.4. The number of hydrogen-bond acceptors (Lipinski definition) is 6. The van der Waals surface area contributed by atoms with Crippen LogP contribution >= 0.6 is 0 Å². The van der Waals surface area contributed by atoms with Gasteiger partial charge in [0.2, 0.25) is 15.9 Å². The molecular formula is C21H28N4O5S. The van der Waals surface area contributed by atoms with Crippen molar-refractivity contribution in [3.63, 3.8) is 0 Å². The van der Waals surface area contributed by atoms with Crippen LogP contribution in [-0.4, -0.2) is 61.3 Å². The van der Waals surface area contributed by atoms with Crippen molar-refractivity contribution in [1.82, 2.24) is 14.6 Å². The summed E-state index contributed by atoms with van der Waals surface area (Å²) in [5.41, 5.74) is 1.60. The molecule has 2 heterocycles. The van der Waals surface area contributed by atoms with E-state index in [2.05, 4.69) is 15.6 Å². The van der Waals surface area contributed by atoms with Crippen LogP contribution < -0.4 is 15.4 Å². The average Bonchev–Trinajstić information content (AvgIpc) is 2.70. The summed E-state index contributed by atoms with van der Waals surface area (Å²) in [4.78, 5) is 16.2. The monoisotopic (exact) mass is 448 g/mol. The molecule has 31 heavy (non-hydrogen) atoms. The molecule has 1 fully saturated rings. The van der Waals surface area contributed by atoms with Crippen LogP contribution in [0.3, 0.4) is 0 Å². The lowest BCUT2D eigenvalue weighted by Gasteiger charge is -2.34. The van der Waals surface area contributed by atoms with Crippen LogP contribution in [0.4, 0.5) is 10.5 Å². The third-order valence-corrected chi connectivity index (χ3v) is 6.47. The molecule has 0 unspecified atom stereocenters. The number of carbonyl (C=O) groups excluding carboxylic acids is 1. The Morgan fingerprint density at radius 2 is 1.84 bits per heavy atom. The minimum Gasteiger partial charge on any atom is -0.439 e. The van der Waals surface area contributed by atoms with Crippen molar-refractivity contribution >= 4 is 21.7 Å². The van der Waals surface area contributed by atoms with Crippen molar-refractivity contribution in [3.05, 3.63) is 48.2 Å². The summed E-state index contributed by atoms with van der Waals surface area (Å²) in [7, 11) is -3.47. The second kappa shape index (κ2) is 10.1. The van der Waals surface area contributed by atoms with Crippen LogP contribution in [0.1, 0.15) is 19.4 Å². The number of sulfonamides is 1. The van der Waals surface area contributed by atoms with E-state index < -0.39 is 16.1 Å². The number of ether oxygens (including phenoxy) is 2. The highest BCUT2D eigenvalue weighted by atomic mass is 32.2. The number of amides is 2. The van der Waals surface area contributed by atoms with Crippen molar-refractivity contribution in [3.8, 4) is 11.6 Å². The topological polar surface area (TPSA) is 110 Å². The van der Waals surface area contributed by atoms with Crippen LogP contribution in [0.5, 0.6) is 11.6 Å². The Balaban J connectivity index is 1.44. The summed E-state index contributed by atoms with van der Waals surface area (Å²) < 4.78 is 37.6. The van der Waals surface area contributed by atoms with Gasteiger partial charge in [-0.25, -0.2) is 18.2 Å². The molecule has 168 valence electrons. The van der Waals surface area contributed by atoms with Gasteiger partial charge in [0.05, 0.1) is 29.8 Å². The second-order valence-corrected chi connectivity index (χ2v) is 9.66. The maximum atomic E-state index is 12.5. The fraction of sp³-hybridized carbons (Fsp3) is 0.429. The van der Waals surface area contributed by atoms with Crippen LogP contribution in [-0.2, 0) is 14.8 Å². The van der Waals surface area contributed by atoms with Crippen molar-refractivity contribution in [2.24, 2.45) is 0 Å². The summed E-state index contributed by atoms with van der Waals surface area (Å²) in [6, 6.07) is 10.4. The van der Waals surface area contributed by atoms with Gasteiger partial charge in [0.25, 0.3) is 0 Å². The predicted octanol–water partition coefficient (Wildman–Crippen LogP) is 2.74. The van der Waals surface area contributed by atoms with Gasteiger partial charge >= 0.3 is 6.03 Å². The number of nitrogens with zero attached hydrogens (tertiary/aromatic N) is 2. The molecule has 1 aliphatic rings. The van der Waals surface area contributed by atoms with E-state index >= 15 is 0 Å². The number of pyridine rings is 1. The van der Waals surface area contributed by atoms with E-state index in [-0.39, 0.29) is 24.5 Å². The van der Waals surface area contributed by atoms with E-state index in [0.717, 1.165) is 5.56 Å². The third-order valence-electron chi connectivity index (χ3n) is 4.66. The number of rotatable bonds is 7. The smallest absolute Gasteiger partial charge is 0.319 e. The van der Waals surface area contributed by atoms with Crippen LogP contribution in [0.25, 0.3) is 0 Å². The summed E-state index contributed by atoms with van der Waals surface area (Å²) in [6.45, 7) is 6.32. The summed E-state index contributed by atoms with van der Waals surface area (Å²) >= 11 is 0. The van der Waals surface area contributed by atoms with Crippen LogP contribution in [0.2, 0.25) is 0 Å². The number of urea groups is 1. The first-order chi connectivity index (χ1) is 14.7. The van der Waals surface area contributed by atoms with E-state index in [1.807, 2.05) is 45.0 Å². The molecule has 1 saturated heterocycles. The summed E-state index contributed by atoms with van der Waals surface area (Å²) in [5, 5.41) is 5.19. The Morgan fingerprint density at radius 1 is 1.16 bits per heavy atom. The Kier molecular flexibility index (Phi) is 7.47. The molecule has 1 aliphatic heterocycles. The van der Waals surface area contributed by atoms with E-state index in [0.29, 0.717) is 30.4 Å². The molecule has 3 rings (SSSR count). The number of hydrogen-bond donors (Lipinski definition) is 2. The van der Waals surface area contributed by atoms with Gasteiger partial charge in [-0.15, -0.1) is 0 Å². The first-order valence-corrected chi connectivity index (χ1v) is 11.7. The quantitative estimate of drug-likeness (QED) is 0.674. The van der Waals surface area contributed by atoms with E-state index in [1.54, 1.807) is 12.1 Å². The zero-order valence-corrected chi connectivity index (χ0v) is 18.7. The Hall–Kier alpha value is -2.69. The van der Waals surface area contributed by atoms with Gasteiger partial charge in [-0.2, -0.15) is 4.31 Å². The highest BCUT2D eigenvalue weighted by Gasteiger charge is 2.30. The second-order valence-electron chi connectivity index (χ2n) is 7.57. The van der Waals surface area contributed by atoms with Crippen LogP contribution in [0.15, 0.2) is 42.6 Å². The molecule has 0 spiro atoms. The number of aryl methyl sites for hydroxylation is 1. The highest BCUT2D eigenvalue weighted by Crippen LogP contribution is 2.20. The van der Waals surface area contributed by atoms with Crippen LogP contribution in [0, 0.1) is 6.92 Å². The van der Waals surface area contributed by atoms with Crippen molar-refractivity contribution in [2.75, 3.05) is 30.7 Å². The Labute approximate surface area is 182 Å². The molecular weight excluding hydrogens is 420 g/mol. The lowest BCUT2D eigenvalue weighted by molar-refractivity contribution is -0.0440. The lowest BCUT2D eigenvalue weighted by Crippen LogP contribution is -2.49. The largest absolute Gasteiger partial charge is 0.439 e. The van der Waals surface area contributed by atoms with Gasteiger partial charge in [0.1, 0.15) is 5.75 Å². The fourth-order valence-corrected chi connectivity index (χ4v) is 4.69. The molecule has 0 saturated carbocycles. The fourth-order valence-electron chi connectivity index (χ4n) is 3.20. The third kappa shape index (κ3) is 6.91.